The van der Waals surface area contributed by atoms with Crippen molar-refractivity contribution in [1.29, 1.82) is 0 Å². The van der Waals surface area contributed by atoms with Crippen LogP contribution in [0.5, 0.6) is 0 Å². The Morgan fingerprint density at radius 1 is 0.571 bits per heavy atom. The Hall–Kier alpha value is -3.45. The molecule has 4 aromatic carbocycles. The van der Waals surface area contributed by atoms with Crippen LogP contribution in [0.15, 0.2) is 95.4 Å². The second-order valence-electron chi connectivity index (χ2n) is 7.37. The van der Waals surface area contributed by atoms with Gasteiger partial charge in [0.15, 0.2) is 0 Å². The molecule has 0 spiro atoms. The zero-order valence-corrected chi connectivity index (χ0v) is 16.1. The zero-order chi connectivity index (χ0) is 19.1. The molecule has 28 heavy (non-hydrogen) atoms. The molecule has 1 heterocycles. The minimum atomic E-state index is 0.889. The van der Waals surface area contributed by atoms with Gasteiger partial charge in [-0.05, 0) is 54.6 Å². The van der Waals surface area contributed by atoms with Crippen LogP contribution in [0.4, 0.5) is 0 Å². The molecule has 0 aliphatic rings. The summed E-state index contributed by atoms with van der Waals surface area (Å²) in [5.74, 6) is 0.889. The van der Waals surface area contributed by atoms with Gasteiger partial charge in [0.05, 0.1) is 22.4 Å². The van der Waals surface area contributed by atoms with E-state index in [9.17, 15) is 0 Å². The van der Waals surface area contributed by atoms with Gasteiger partial charge in [0.2, 0.25) is 0 Å². The summed E-state index contributed by atoms with van der Waals surface area (Å²) in [6.45, 7) is 4.28. The van der Waals surface area contributed by atoms with Crippen LogP contribution in [-0.4, -0.2) is 0 Å². The maximum absolute atomic E-state index is 6.52. The van der Waals surface area contributed by atoms with Crippen LogP contribution >= 0.6 is 0 Å². The lowest BCUT2D eigenvalue weighted by molar-refractivity contribution is 0.624. The predicted octanol–water partition coefficient (Wildman–Crippen LogP) is 7.82. The summed E-state index contributed by atoms with van der Waals surface area (Å²) < 4.78 is 6.52. The molecule has 0 aliphatic heterocycles. The molecule has 0 aliphatic carbocycles. The average molecular weight is 361 g/mol. The Bertz CT molecular complexity index is 1300. The standard InChI is InChI=1S/C27H21O/c1-18-12-14-21(15-13-18)26-17-24(20-8-4-3-5-9-20)25-16-19(2)22-10-6-7-11-23(22)27(25)28-26/h3-17H,1-2H3/q+1. The Kier molecular flexibility index (Phi) is 3.95. The van der Waals surface area contributed by atoms with Gasteiger partial charge in [-0.1, -0.05) is 66.2 Å². The van der Waals surface area contributed by atoms with E-state index < -0.39 is 0 Å². The molecule has 0 bridgehead atoms. The molecule has 0 saturated heterocycles. The van der Waals surface area contributed by atoms with E-state index in [1.165, 1.54) is 27.6 Å². The molecule has 1 nitrogen and oxygen atoms in total. The highest BCUT2D eigenvalue weighted by Crippen LogP contribution is 2.38. The summed E-state index contributed by atoms with van der Waals surface area (Å²) in [7, 11) is 0. The van der Waals surface area contributed by atoms with Gasteiger partial charge in [0.25, 0.3) is 0 Å². The molecule has 0 amide bonds. The second-order valence-corrected chi connectivity index (χ2v) is 7.37. The van der Waals surface area contributed by atoms with E-state index in [4.69, 9.17) is 4.42 Å². The SMILES string of the molecule is Cc1ccc(-c2cc(-c3ccccc3)c3cc(C)c4ccccc4c3[o+]2)cc1. The molecule has 0 fully saturated rings. The lowest BCUT2D eigenvalue weighted by Crippen LogP contribution is -1.89. The summed E-state index contributed by atoms with van der Waals surface area (Å²) >= 11 is 0. The van der Waals surface area contributed by atoms with Crippen molar-refractivity contribution in [1.82, 2.24) is 0 Å². The van der Waals surface area contributed by atoms with Gasteiger partial charge >= 0.3 is 11.3 Å². The van der Waals surface area contributed by atoms with E-state index in [2.05, 4.69) is 105 Å². The first-order valence-electron chi connectivity index (χ1n) is 9.62. The fraction of sp³-hybridized carbons (Fsp3) is 0.0741. The van der Waals surface area contributed by atoms with E-state index in [-0.39, 0.29) is 0 Å². The van der Waals surface area contributed by atoms with Crippen LogP contribution in [0, 0.1) is 13.8 Å². The van der Waals surface area contributed by atoms with Crippen LogP contribution in [0.1, 0.15) is 11.1 Å². The molecule has 0 saturated carbocycles. The van der Waals surface area contributed by atoms with Gasteiger partial charge in [-0.2, -0.15) is 0 Å². The molecule has 1 aromatic heterocycles. The first kappa shape index (κ1) is 16.7. The average Bonchev–Trinajstić information content (AvgIpc) is 2.75. The summed E-state index contributed by atoms with van der Waals surface area (Å²) in [6, 6.07) is 32.0. The fourth-order valence-electron chi connectivity index (χ4n) is 3.90. The largest absolute Gasteiger partial charge is 0.369 e. The number of fused-ring (bicyclic) bond motifs is 3. The predicted molar refractivity (Wildman–Crippen MR) is 118 cm³/mol. The summed E-state index contributed by atoms with van der Waals surface area (Å²) in [5, 5.41) is 3.54. The zero-order valence-electron chi connectivity index (χ0n) is 16.1. The van der Waals surface area contributed by atoms with Crippen molar-refractivity contribution in [3.05, 3.63) is 102 Å². The highest BCUT2D eigenvalue weighted by atomic mass is 16.3. The van der Waals surface area contributed by atoms with E-state index in [0.717, 1.165) is 27.7 Å². The highest BCUT2D eigenvalue weighted by molar-refractivity contribution is 6.10. The van der Waals surface area contributed by atoms with Crippen LogP contribution in [0.25, 0.3) is 44.2 Å². The number of hydrogen-bond acceptors (Lipinski definition) is 0. The molecular weight excluding hydrogens is 340 g/mol. The molecule has 0 N–H and O–H groups in total. The Morgan fingerprint density at radius 3 is 2.00 bits per heavy atom. The van der Waals surface area contributed by atoms with Gasteiger partial charge in [-0.3, -0.25) is 0 Å². The lowest BCUT2D eigenvalue weighted by atomic mass is 9.95. The van der Waals surface area contributed by atoms with Crippen molar-refractivity contribution in [3.63, 3.8) is 0 Å². The topological polar surface area (TPSA) is 11.3 Å². The number of aryl methyl sites for hydroxylation is 2. The number of rotatable bonds is 2. The van der Waals surface area contributed by atoms with E-state index in [1.54, 1.807) is 0 Å². The van der Waals surface area contributed by atoms with Crippen LogP contribution in [-0.2, 0) is 0 Å². The molecule has 5 aromatic rings. The number of hydrogen-bond donors (Lipinski definition) is 0. The Balaban J connectivity index is 1.91. The maximum Gasteiger partial charge on any atom is 0.369 e. The van der Waals surface area contributed by atoms with Crippen molar-refractivity contribution < 1.29 is 4.42 Å². The molecule has 5 rings (SSSR count). The molecule has 0 unspecified atom stereocenters. The van der Waals surface area contributed by atoms with Gasteiger partial charge in [0, 0.05) is 5.56 Å². The van der Waals surface area contributed by atoms with Crippen LogP contribution in [0.3, 0.4) is 0 Å². The van der Waals surface area contributed by atoms with Crippen molar-refractivity contribution in [2.24, 2.45) is 0 Å². The Labute approximate surface area is 164 Å². The first-order valence-corrected chi connectivity index (χ1v) is 9.62. The first-order chi connectivity index (χ1) is 13.7. The fourth-order valence-corrected chi connectivity index (χ4v) is 3.90. The second kappa shape index (κ2) is 6.61. The molecule has 1 heteroatoms. The molecule has 0 radical (unpaired) electrons. The highest BCUT2D eigenvalue weighted by Gasteiger charge is 2.23. The third-order valence-electron chi connectivity index (χ3n) is 5.40. The van der Waals surface area contributed by atoms with Gasteiger partial charge < -0.3 is 0 Å². The van der Waals surface area contributed by atoms with E-state index in [0.29, 0.717) is 0 Å². The van der Waals surface area contributed by atoms with Crippen molar-refractivity contribution in [2.45, 2.75) is 13.8 Å². The van der Waals surface area contributed by atoms with Gasteiger partial charge in [-0.25, -0.2) is 4.42 Å². The quantitative estimate of drug-likeness (QED) is 0.230. The van der Waals surface area contributed by atoms with Crippen LogP contribution < -0.4 is 0 Å². The third kappa shape index (κ3) is 2.76. The summed E-state index contributed by atoms with van der Waals surface area (Å²) in [6.07, 6.45) is 0. The van der Waals surface area contributed by atoms with Crippen molar-refractivity contribution in [2.75, 3.05) is 0 Å². The van der Waals surface area contributed by atoms with Crippen molar-refractivity contribution >= 4 is 21.7 Å². The Morgan fingerprint density at radius 2 is 1.25 bits per heavy atom. The maximum atomic E-state index is 6.52. The van der Waals surface area contributed by atoms with Gasteiger partial charge in [0.1, 0.15) is 0 Å². The third-order valence-corrected chi connectivity index (χ3v) is 5.40. The summed E-state index contributed by atoms with van der Waals surface area (Å²) in [5.41, 5.74) is 6.94. The molecule has 0 atom stereocenters. The lowest BCUT2D eigenvalue weighted by Gasteiger charge is -2.07. The normalized spacial score (nSPS) is 11.2. The molecule has 134 valence electrons. The molecular formula is C27H21O+. The number of benzene rings is 4. The van der Waals surface area contributed by atoms with Crippen LogP contribution in [0.2, 0.25) is 0 Å². The van der Waals surface area contributed by atoms with Gasteiger partial charge in [-0.15, -0.1) is 0 Å². The minimum absolute atomic E-state index is 0.889. The van der Waals surface area contributed by atoms with Crippen molar-refractivity contribution in [3.8, 4) is 22.5 Å². The smallest absolute Gasteiger partial charge is 0.206 e. The monoisotopic (exact) mass is 361 g/mol. The minimum Gasteiger partial charge on any atom is -0.206 e. The summed E-state index contributed by atoms with van der Waals surface area (Å²) in [4.78, 5) is 0. The van der Waals surface area contributed by atoms with E-state index >= 15 is 0 Å². The van der Waals surface area contributed by atoms with E-state index in [1.807, 2.05) is 0 Å².